The summed E-state index contributed by atoms with van der Waals surface area (Å²) in [5.41, 5.74) is 1.76. The number of benzene rings is 1. The molecule has 0 unspecified atom stereocenters. The molecule has 0 atom stereocenters. The summed E-state index contributed by atoms with van der Waals surface area (Å²) in [7, 11) is 1.66. The molecule has 1 rings (SSSR count). The van der Waals surface area contributed by atoms with Gasteiger partial charge in [-0.2, -0.15) is 0 Å². The van der Waals surface area contributed by atoms with Crippen LogP contribution < -0.4 is 5.32 Å². The molecule has 0 radical (unpaired) electrons. The first-order valence-corrected chi connectivity index (χ1v) is 5.74. The van der Waals surface area contributed by atoms with Gasteiger partial charge < -0.3 is 10.1 Å². The first-order valence-electron chi connectivity index (χ1n) is 5.74. The molecular weight excluding hydrogens is 214 g/mol. The van der Waals surface area contributed by atoms with E-state index in [1.807, 2.05) is 43.3 Å². The fourth-order valence-corrected chi connectivity index (χ4v) is 1.42. The minimum absolute atomic E-state index is 0.0232. The van der Waals surface area contributed by atoms with E-state index in [1.54, 1.807) is 7.11 Å². The molecule has 0 bridgehead atoms. The monoisotopic (exact) mass is 233 g/mol. The Kier molecular flexibility index (Phi) is 6.04. The van der Waals surface area contributed by atoms with Crippen LogP contribution in [0.2, 0.25) is 0 Å². The molecule has 3 heteroatoms. The van der Waals surface area contributed by atoms with E-state index in [0.717, 1.165) is 12.0 Å². The SMILES string of the molecule is COCCCNC(=O)/C(C)=C/c1ccccc1. The van der Waals surface area contributed by atoms with Crippen molar-refractivity contribution < 1.29 is 9.53 Å². The molecule has 17 heavy (non-hydrogen) atoms. The van der Waals surface area contributed by atoms with Gasteiger partial charge in [0.15, 0.2) is 0 Å². The summed E-state index contributed by atoms with van der Waals surface area (Å²) in [5.74, 6) is -0.0232. The molecule has 1 aromatic rings. The molecule has 0 saturated carbocycles. The number of hydrogen-bond donors (Lipinski definition) is 1. The fourth-order valence-electron chi connectivity index (χ4n) is 1.42. The lowest BCUT2D eigenvalue weighted by atomic mass is 10.1. The van der Waals surface area contributed by atoms with E-state index in [4.69, 9.17) is 4.74 Å². The predicted molar refractivity (Wildman–Crippen MR) is 69.6 cm³/mol. The van der Waals surface area contributed by atoms with Crippen LogP contribution in [0.1, 0.15) is 18.9 Å². The summed E-state index contributed by atoms with van der Waals surface area (Å²) >= 11 is 0. The van der Waals surface area contributed by atoms with Crippen LogP contribution in [0.5, 0.6) is 0 Å². The molecule has 1 N–H and O–H groups in total. The van der Waals surface area contributed by atoms with Gasteiger partial charge >= 0.3 is 0 Å². The van der Waals surface area contributed by atoms with E-state index in [9.17, 15) is 4.79 Å². The molecule has 1 amide bonds. The van der Waals surface area contributed by atoms with Crippen LogP contribution in [0, 0.1) is 0 Å². The van der Waals surface area contributed by atoms with Gasteiger partial charge in [-0.05, 0) is 25.0 Å². The molecule has 0 aliphatic carbocycles. The van der Waals surface area contributed by atoms with Crippen molar-refractivity contribution in [1.82, 2.24) is 5.32 Å². The standard InChI is InChI=1S/C14H19NO2/c1-12(11-13-7-4-3-5-8-13)14(16)15-9-6-10-17-2/h3-5,7-8,11H,6,9-10H2,1-2H3,(H,15,16)/b12-11+. The van der Waals surface area contributed by atoms with Crippen LogP contribution in [0.25, 0.3) is 6.08 Å². The summed E-state index contributed by atoms with van der Waals surface area (Å²) in [6.07, 6.45) is 2.71. The highest BCUT2D eigenvalue weighted by molar-refractivity contribution is 5.97. The first kappa shape index (κ1) is 13.5. The molecule has 0 aliphatic rings. The Labute approximate surface area is 102 Å². The lowest BCUT2D eigenvalue weighted by molar-refractivity contribution is -0.117. The number of ether oxygens (including phenoxy) is 1. The number of carbonyl (C=O) groups excluding carboxylic acids is 1. The number of nitrogens with one attached hydrogen (secondary N) is 1. The van der Waals surface area contributed by atoms with Crippen LogP contribution >= 0.6 is 0 Å². The van der Waals surface area contributed by atoms with Crippen molar-refractivity contribution in [3.63, 3.8) is 0 Å². The van der Waals surface area contributed by atoms with Gasteiger partial charge in [-0.3, -0.25) is 4.79 Å². The number of rotatable bonds is 6. The molecule has 0 heterocycles. The number of hydrogen-bond acceptors (Lipinski definition) is 2. The largest absolute Gasteiger partial charge is 0.385 e. The van der Waals surface area contributed by atoms with Gasteiger partial charge in [0.05, 0.1) is 0 Å². The summed E-state index contributed by atoms with van der Waals surface area (Å²) in [4.78, 5) is 11.7. The molecular formula is C14H19NO2. The molecule has 0 aliphatic heterocycles. The Morgan fingerprint density at radius 1 is 1.35 bits per heavy atom. The van der Waals surface area contributed by atoms with Crippen LogP contribution in [0.4, 0.5) is 0 Å². The number of methoxy groups -OCH3 is 1. The molecule has 0 aromatic heterocycles. The van der Waals surface area contributed by atoms with Crippen molar-refractivity contribution in [2.24, 2.45) is 0 Å². The fraction of sp³-hybridized carbons (Fsp3) is 0.357. The van der Waals surface area contributed by atoms with E-state index < -0.39 is 0 Å². The topological polar surface area (TPSA) is 38.3 Å². The van der Waals surface area contributed by atoms with Crippen molar-refractivity contribution >= 4 is 12.0 Å². The third kappa shape index (κ3) is 5.31. The maximum Gasteiger partial charge on any atom is 0.246 e. The minimum Gasteiger partial charge on any atom is -0.385 e. The normalized spacial score (nSPS) is 11.3. The molecule has 3 nitrogen and oxygen atoms in total. The minimum atomic E-state index is -0.0232. The smallest absolute Gasteiger partial charge is 0.246 e. The van der Waals surface area contributed by atoms with Crippen molar-refractivity contribution in [3.8, 4) is 0 Å². The second kappa shape index (κ2) is 7.63. The average molecular weight is 233 g/mol. The number of carbonyl (C=O) groups is 1. The van der Waals surface area contributed by atoms with Gasteiger partial charge in [0.1, 0.15) is 0 Å². The van der Waals surface area contributed by atoms with E-state index in [-0.39, 0.29) is 5.91 Å². The average Bonchev–Trinajstić information content (AvgIpc) is 2.35. The van der Waals surface area contributed by atoms with Crippen LogP contribution in [0.15, 0.2) is 35.9 Å². The summed E-state index contributed by atoms with van der Waals surface area (Å²) in [6.45, 7) is 3.13. The third-order valence-corrected chi connectivity index (χ3v) is 2.35. The Bertz CT molecular complexity index is 371. The van der Waals surface area contributed by atoms with Gasteiger partial charge in [0, 0.05) is 25.8 Å². The lowest BCUT2D eigenvalue weighted by Crippen LogP contribution is -2.25. The molecule has 0 fully saturated rings. The molecule has 0 saturated heterocycles. The molecule has 1 aromatic carbocycles. The number of amides is 1. The van der Waals surface area contributed by atoms with Gasteiger partial charge in [-0.1, -0.05) is 30.3 Å². The predicted octanol–water partition coefficient (Wildman–Crippen LogP) is 2.24. The van der Waals surface area contributed by atoms with Crippen molar-refractivity contribution in [3.05, 3.63) is 41.5 Å². The Morgan fingerprint density at radius 2 is 2.06 bits per heavy atom. The first-order chi connectivity index (χ1) is 8.24. The highest BCUT2D eigenvalue weighted by Gasteiger charge is 2.02. The molecule has 92 valence electrons. The highest BCUT2D eigenvalue weighted by atomic mass is 16.5. The van der Waals surface area contributed by atoms with E-state index in [0.29, 0.717) is 18.7 Å². The van der Waals surface area contributed by atoms with E-state index >= 15 is 0 Å². The zero-order chi connectivity index (χ0) is 12.5. The van der Waals surface area contributed by atoms with Gasteiger partial charge in [0.2, 0.25) is 5.91 Å². The zero-order valence-corrected chi connectivity index (χ0v) is 10.4. The van der Waals surface area contributed by atoms with Gasteiger partial charge in [-0.25, -0.2) is 0 Å². The maximum absolute atomic E-state index is 11.7. The second-order valence-electron chi connectivity index (χ2n) is 3.84. The molecule has 0 spiro atoms. The third-order valence-electron chi connectivity index (χ3n) is 2.35. The van der Waals surface area contributed by atoms with Gasteiger partial charge in [-0.15, -0.1) is 0 Å². The van der Waals surface area contributed by atoms with Crippen LogP contribution in [0.3, 0.4) is 0 Å². The van der Waals surface area contributed by atoms with Crippen LogP contribution in [-0.4, -0.2) is 26.2 Å². The Hall–Kier alpha value is -1.61. The quantitative estimate of drug-likeness (QED) is 0.604. The van der Waals surface area contributed by atoms with E-state index in [2.05, 4.69) is 5.32 Å². The zero-order valence-electron chi connectivity index (χ0n) is 10.4. The van der Waals surface area contributed by atoms with Gasteiger partial charge in [0.25, 0.3) is 0 Å². The Balaban J connectivity index is 2.44. The summed E-state index contributed by atoms with van der Waals surface area (Å²) in [6, 6.07) is 9.81. The maximum atomic E-state index is 11.7. The van der Waals surface area contributed by atoms with E-state index in [1.165, 1.54) is 0 Å². The van der Waals surface area contributed by atoms with Crippen molar-refractivity contribution in [2.45, 2.75) is 13.3 Å². The van der Waals surface area contributed by atoms with Crippen molar-refractivity contribution in [1.29, 1.82) is 0 Å². The second-order valence-corrected chi connectivity index (χ2v) is 3.84. The summed E-state index contributed by atoms with van der Waals surface area (Å²) < 4.78 is 4.91. The summed E-state index contributed by atoms with van der Waals surface area (Å²) in [5, 5.41) is 2.85. The highest BCUT2D eigenvalue weighted by Crippen LogP contribution is 2.05. The van der Waals surface area contributed by atoms with Crippen LogP contribution in [-0.2, 0) is 9.53 Å². The Morgan fingerprint density at radius 3 is 2.71 bits per heavy atom. The lowest BCUT2D eigenvalue weighted by Gasteiger charge is -2.05. The van der Waals surface area contributed by atoms with Crippen molar-refractivity contribution in [2.75, 3.05) is 20.3 Å².